The highest BCUT2D eigenvalue weighted by Gasteiger charge is 2.35. The maximum Gasteiger partial charge on any atom is 0.316 e. The zero-order valence-corrected chi connectivity index (χ0v) is 25.0. The molecule has 6 aromatic rings. The molecule has 9 heteroatoms. The molecule has 3 aromatic heterocycles. The Labute approximate surface area is 260 Å². The lowest BCUT2D eigenvalue weighted by molar-refractivity contribution is -0.143. The van der Waals surface area contributed by atoms with Gasteiger partial charge >= 0.3 is 12.0 Å². The zero-order chi connectivity index (χ0) is 30.8. The second-order valence-electron chi connectivity index (χ2n) is 11.5. The van der Waals surface area contributed by atoms with Gasteiger partial charge in [-0.3, -0.25) is 4.79 Å². The molecule has 9 nitrogen and oxygen atoms in total. The minimum atomic E-state index is -0.753. The van der Waals surface area contributed by atoms with Gasteiger partial charge in [0.15, 0.2) is 0 Å². The fourth-order valence-corrected chi connectivity index (χ4v) is 6.30. The van der Waals surface area contributed by atoms with E-state index in [1.165, 1.54) is 0 Å². The number of methoxy groups -OCH3 is 1. The van der Waals surface area contributed by atoms with Gasteiger partial charge in [0, 0.05) is 41.9 Å². The lowest BCUT2D eigenvalue weighted by atomic mass is 9.78. The highest BCUT2D eigenvalue weighted by molar-refractivity contribution is 5.79. The van der Waals surface area contributed by atoms with Crippen molar-refractivity contribution in [2.75, 3.05) is 7.11 Å². The van der Waals surface area contributed by atoms with Gasteiger partial charge in [0.1, 0.15) is 18.2 Å². The minimum absolute atomic E-state index is 0.162. The van der Waals surface area contributed by atoms with Crippen LogP contribution in [0.5, 0.6) is 11.8 Å². The van der Waals surface area contributed by atoms with Crippen LogP contribution in [0.2, 0.25) is 0 Å². The van der Waals surface area contributed by atoms with Crippen molar-refractivity contribution in [3.63, 3.8) is 0 Å². The molecule has 0 aliphatic heterocycles. The van der Waals surface area contributed by atoms with Gasteiger partial charge in [-0.15, -0.1) is 0 Å². The fraction of sp³-hybridized carbons (Fsp3) is 0.250. The number of fused-ring (bicyclic) bond motifs is 2. The van der Waals surface area contributed by atoms with Crippen LogP contribution in [0.25, 0.3) is 33.1 Å². The van der Waals surface area contributed by atoms with Crippen LogP contribution in [-0.2, 0) is 17.9 Å². The van der Waals surface area contributed by atoms with Gasteiger partial charge in [-0.05, 0) is 48.2 Å². The van der Waals surface area contributed by atoms with Gasteiger partial charge in [0.25, 0.3) is 0 Å². The molecule has 1 aliphatic carbocycles. The summed E-state index contributed by atoms with van der Waals surface area (Å²) in [7, 11) is 1.54. The van der Waals surface area contributed by atoms with Crippen molar-refractivity contribution in [2.24, 2.45) is 5.92 Å². The van der Waals surface area contributed by atoms with Crippen LogP contribution in [0.3, 0.4) is 0 Å². The van der Waals surface area contributed by atoms with E-state index in [4.69, 9.17) is 19.4 Å². The highest BCUT2D eigenvalue weighted by atomic mass is 16.5. The first-order valence-corrected chi connectivity index (χ1v) is 15.2. The Hall–Kier alpha value is -5.31. The monoisotopic (exact) mass is 599 g/mol. The van der Waals surface area contributed by atoms with Crippen molar-refractivity contribution in [3.8, 4) is 22.9 Å². The number of ether oxygens (including phenoxy) is 2. The number of rotatable bonds is 9. The Balaban J connectivity index is 1.19. The third-order valence-electron chi connectivity index (χ3n) is 8.65. The number of benzene rings is 3. The Morgan fingerprint density at radius 2 is 1.69 bits per heavy atom. The fourth-order valence-electron chi connectivity index (χ4n) is 6.30. The van der Waals surface area contributed by atoms with Crippen molar-refractivity contribution in [1.29, 1.82) is 0 Å². The number of para-hydroxylation sites is 1. The van der Waals surface area contributed by atoms with E-state index < -0.39 is 11.9 Å². The van der Waals surface area contributed by atoms with Gasteiger partial charge in [0.2, 0.25) is 0 Å². The molecule has 1 fully saturated rings. The van der Waals surface area contributed by atoms with E-state index in [2.05, 4.69) is 32.7 Å². The molecule has 0 saturated heterocycles. The number of hydrogen-bond donors (Lipinski definition) is 1. The quantitative estimate of drug-likeness (QED) is 0.188. The van der Waals surface area contributed by atoms with Gasteiger partial charge in [0.05, 0.1) is 35.3 Å². The van der Waals surface area contributed by atoms with Gasteiger partial charge in [-0.25, -0.2) is 19.9 Å². The summed E-state index contributed by atoms with van der Waals surface area (Å²) in [4.78, 5) is 30.5. The summed E-state index contributed by atoms with van der Waals surface area (Å²) in [5.74, 6) is 0.138. The van der Waals surface area contributed by atoms with E-state index in [1.54, 1.807) is 19.5 Å². The Bertz CT molecular complexity index is 1970. The van der Waals surface area contributed by atoms with E-state index in [1.807, 2.05) is 60.7 Å². The molecule has 1 aliphatic rings. The molecule has 0 spiro atoms. The molecule has 0 amide bonds. The average Bonchev–Trinajstić information content (AvgIpc) is 3.44. The molecule has 0 bridgehead atoms. The van der Waals surface area contributed by atoms with Gasteiger partial charge < -0.3 is 19.1 Å². The van der Waals surface area contributed by atoms with Crippen molar-refractivity contribution in [1.82, 2.24) is 24.5 Å². The lowest BCUT2D eigenvalue weighted by Crippen LogP contribution is -2.27. The maximum absolute atomic E-state index is 12.3. The first kappa shape index (κ1) is 28.5. The van der Waals surface area contributed by atoms with Crippen molar-refractivity contribution in [3.05, 3.63) is 108 Å². The Kier molecular flexibility index (Phi) is 7.82. The number of hydrogen-bond acceptors (Lipinski definition) is 7. The predicted octanol–water partition coefficient (Wildman–Crippen LogP) is 7.04. The number of pyridine rings is 1. The molecular formula is C36H33N5O4. The standard InChI is InChI=1S/C36H33N5O4/c1-44-36-37-19-26(20-38-36)24-12-10-23(11-13-24)21-41-33-17-16-28(45-22-27-15-14-25-6-2-5-9-31(25)39-27)18-32(33)40-34(41)29-7-3-4-8-30(29)35(42)43/h2,5-6,9-20,29-30H,3-4,7-8,21-22H2,1H3,(H,42,43)/t29-,30?/m1/s1. The molecule has 3 heterocycles. The highest BCUT2D eigenvalue weighted by Crippen LogP contribution is 2.39. The van der Waals surface area contributed by atoms with E-state index in [0.29, 0.717) is 31.3 Å². The van der Waals surface area contributed by atoms with Crippen LogP contribution >= 0.6 is 0 Å². The lowest BCUT2D eigenvalue weighted by Gasteiger charge is -2.28. The molecule has 1 N–H and O–H groups in total. The molecular weight excluding hydrogens is 566 g/mol. The number of aromatic nitrogens is 5. The van der Waals surface area contributed by atoms with Crippen LogP contribution < -0.4 is 9.47 Å². The molecule has 1 saturated carbocycles. The first-order valence-electron chi connectivity index (χ1n) is 15.2. The number of aliphatic carboxylic acids is 1. The summed E-state index contributed by atoms with van der Waals surface area (Å²) in [6, 6.07) is 26.6. The van der Waals surface area contributed by atoms with Crippen molar-refractivity contribution >= 4 is 27.9 Å². The van der Waals surface area contributed by atoms with E-state index in [0.717, 1.165) is 69.4 Å². The molecule has 0 radical (unpaired) electrons. The zero-order valence-electron chi connectivity index (χ0n) is 25.0. The van der Waals surface area contributed by atoms with E-state index >= 15 is 0 Å². The maximum atomic E-state index is 12.3. The van der Waals surface area contributed by atoms with Crippen LogP contribution in [0.15, 0.2) is 91.3 Å². The molecule has 7 rings (SSSR count). The summed E-state index contributed by atoms with van der Waals surface area (Å²) < 4.78 is 13.4. The molecule has 2 atom stereocenters. The van der Waals surface area contributed by atoms with Gasteiger partial charge in [-0.1, -0.05) is 61.4 Å². The SMILES string of the molecule is COc1ncc(-c2ccc(Cn3c([C@@H]4CCCCC4C(=O)O)nc4cc(OCc5ccc6ccccc6n5)ccc43)cc2)cn1. The summed E-state index contributed by atoms with van der Waals surface area (Å²) in [6.45, 7) is 0.897. The van der Waals surface area contributed by atoms with E-state index in [9.17, 15) is 9.90 Å². The molecule has 45 heavy (non-hydrogen) atoms. The van der Waals surface area contributed by atoms with Crippen molar-refractivity contribution in [2.45, 2.75) is 44.8 Å². The summed E-state index contributed by atoms with van der Waals surface area (Å²) in [5, 5.41) is 11.2. The number of nitrogens with zero attached hydrogens (tertiary/aromatic N) is 5. The number of carboxylic acids is 1. The average molecular weight is 600 g/mol. The molecule has 3 aromatic carbocycles. The van der Waals surface area contributed by atoms with Crippen LogP contribution in [0.1, 0.15) is 48.7 Å². The first-order chi connectivity index (χ1) is 22.1. The topological polar surface area (TPSA) is 112 Å². The summed E-state index contributed by atoms with van der Waals surface area (Å²) in [6.07, 6.45) is 6.86. The van der Waals surface area contributed by atoms with Crippen LogP contribution in [0, 0.1) is 5.92 Å². The Morgan fingerprint density at radius 3 is 2.49 bits per heavy atom. The largest absolute Gasteiger partial charge is 0.487 e. The second kappa shape index (κ2) is 12.4. The molecule has 226 valence electrons. The number of carbonyl (C=O) groups is 1. The summed E-state index contributed by atoms with van der Waals surface area (Å²) in [5.41, 5.74) is 6.49. The predicted molar refractivity (Wildman–Crippen MR) is 171 cm³/mol. The second-order valence-corrected chi connectivity index (χ2v) is 11.5. The minimum Gasteiger partial charge on any atom is -0.487 e. The number of imidazole rings is 1. The number of carboxylic acid groups (broad SMARTS) is 1. The van der Waals surface area contributed by atoms with Crippen LogP contribution in [-0.4, -0.2) is 42.7 Å². The van der Waals surface area contributed by atoms with Crippen LogP contribution in [0.4, 0.5) is 0 Å². The van der Waals surface area contributed by atoms with Gasteiger partial charge in [-0.2, -0.15) is 0 Å². The third kappa shape index (κ3) is 5.93. The third-order valence-corrected chi connectivity index (χ3v) is 8.65. The molecule has 1 unspecified atom stereocenters. The smallest absolute Gasteiger partial charge is 0.316 e. The van der Waals surface area contributed by atoms with E-state index in [-0.39, 0.29) is 5.92 Å². The van der Waals surface area contributed by atoms with Crippen molar-refractivity contribution < 1.29 is 19.4 Å². The Morgan fingerprint density at radius 1 is 0.889 bits per heavy atom. The normalized spacial score (nSPS) is 16.6. The summed E-state index contributed by atoms with van der Waals surface area (Å²) >= 11 is 0.